The summed E-state index contributed by atoms with van der Waals surface area (Å²) in [5.41, 5.74) is 8.94. The van der Waals surface area contributed by atoms with E-state index in [-0.39, 0.29) is 24.8 Å². The average Bonchev–Trinajstić information content (AvgIpc) is 3.37. The molecule has 0 amide bonds. The number of imidazole rings is 1. The second-order valence-corrected chi connectivity index (χ2v) is 7.87. The highest BCUT2D eigenvalue weighted by Gasteiger charge is 2.32. The van der Waals surface area contributed by atoms with Crippen LogP contribution in [0.4, 0.5) is 5.82 Å². The average molecular weight is 442 g/mol. The molecule has 1 aromatic carbocycles. The molecule has 0 atom stereocenters. The fourth-order valence-electron chi connectivity index (χ4n) is 3.51. The van der Waals surface area contributed by atoms with Crippen molar-refractivity contribution in [1.29, 1.82) is 0 Å². The van der Waals surface area contributed by atoms with E-state index in [4.69, 9.17) is 27.3 Å². The summed E-state index contributed by atoms with van der Waals surface area (Å²) < 4.78 is 0. The van der Waals surface area contributed by atoms with Gasteiger partial charge in [-0.3, -0.25) is 0 Å². The Bertz CT molecular complexity index is 965. The van der Waals surface area contributed by atoms with Crippen LogP contribution >= 0.6 is 36.4 Å². The van der Waals surface area contributed by atoms with Crippen LogP contribution in [0.25, 0.3) is 11.0 Å². The van der Waals surface area contributed by atoms with Gasteiger partial charge in [0.15, 0.2) is 0 Å². The summed E-state index contributed by atoms with van der Waals surface area (Å²) in [6, 6.07) is 8.05. The summed E-state index contributed by atoms with van der Waals surface area (Å²) in [4.78, 5) is 17.4. The molecule has 9 heteroatoms. The van der Waals surface area contributed by atoms with Crippen LogP contribution in [-0.2, 0) is 6.54 Å². The van der Waals surface area contributed by atoms with E-state index >= 15 is 0 Å². The Morgan fingerprint density at radius 1 is 1.07 bits per heavy atom. The Morgan fingerprint density at radius 2 is 1.86 bits per heavy atom. The Morgan fingerprint density at radius 3 is 2.57 bits per heavy atom. The molecule has 2 saturated carbocycles. The van der Waals surface area contributed by atoms with Crippen molar-refractivity contribution in [3.8, 4) is 0 Å². The lowest BCUT2D eigenvalue weighted by atomic mass is 9.78. The Balaban J connectivity index is 0.00000112. The lowest BCUT2D eigenvalue weighted by molar-refractivity contribution is 0.344. The Hall–Kier alpha value is -1.60. The minimum atomic E-state index is 0. The number of nitrogens with one attached hydrogen (secondary N) is 2. The summed E-state index contributed by atoms with van der Waals surface area (Å²) in [5, 5.41) is 4.11. The number of benzene rings is 1. The molecular weight excluding hydrogens is 419 g/mol. The number of anilines is 1. The number of hydrogen-bond acceptors (Lipinski definition) is 5. The van der Waals surface area contributed by atoms with Crippen molar-refractivity contribution in [3.05, 3.63) is 46.6 Å². The van der Waals surface area contributed by atoms with E-state index in [0.29, 0.717) is 29.4 Å². The van der Waals surface area contributed by atoms with Crippen molar-refractivity contribution in [2.45, 2.75) is 50.1 Å². The molecule has 28 heavy (non-hydrogen) atoms. The topological polar surface area (TPSA) is 92.5 Å². The van der Waals surface area contributed by atoms with E-state index in [1.54, 1.807) is 0 Å². The van der Waals surface area contributed by atoms with Crippen molar-refractivity contribution in [3.63, 3.8) is 0 Å². The molecule has 0 aliphatic heterocycles. The first kappa shape index (κ1) is 21.1. The highest BCUT2D eigenvalue weighted by Crippen LogP contribution is 2.41. The number of nitrogens with zero attached hydrogens (tertiary/aromatic N) is 3. The highest BCUT2D eigenvalue weighted by atomic mass is 35.5. The molecular formula is C19H23Cl3N6. The van der Waals surface area contributed by atoms with E-state index in [9.17, 15) is 0 Å². The zero-order chi connectivity index (χ0) is 17.7. The number of rotatable bonds is 5. The van der Waals surface area contributed by atoms with Gasteiger partial charge < -0.3 is 16.0 Å². The molecule has 0 spiro atoms. The van der Waals surface area contributed by atoms with Crippen LogP contribution in [-0.4, -0.2) is 26.0 Å². The number of aromatic nitrogens is 4. The zero-order valence-corrected chi connectivity index (χ0v) is 17.6. The number of nitrogens with two attached hydrogens (primary N) is 1. The van der Waals surface area contributed by atoms with E-state index in [1.807, 2.05) is 18.2 Å². The number of fused-ring (bicyclic) bond motifs is 1. The monoisotopic (exact) mass is 440 g/mol. The van der Waals surface area contributed by atoms with Crippen molar-refractivity contribution in [1.82, 2.24) is 19.9 Å². The normalized spacial score (nSPS) is 20.8. The van der Waals surface area contributed by atoms with Gasteiger partial charge in [0, 0.05) is 34.7 Å². The summed E-state index contributed by atoms with van der Waals surface area (Å²) in [6.07, 6.45) is 4.42. The minimum absolute atomic E-state index is 0. The molecule has 2 aliphatic carbocycles. The second kappa shape index (κ2) is 8.41. The molecule has 2 fully saturated rings. The first-order valence-corrected chi connectivity index (χ1v) is 9.54. The maximum Gasteiger partial charge on any atom is 0.134 e. The fraction of sp³-hybridized carbons (Fsp3) is 0.421. The van der Waals surface area contributed by atoms with Gasteiger partial charge >= 0.3 is 0 Å². The maximum atomic E-state index is 6.04. The van der Waals surface area contributed by atoms with Gasteiger partial charge in [-0.15, -0.1) is 24.8 Å². The Kier molecular flexibility index (Phi) is 6.34. The molecule has 2 aliphatic rings. The summed E-state index contributed by atoms with van der Waals surface area (Å²) in [6.45, 7) is 0.580. The van der Waals surface area contributed by atoms with Crippen molar-refractivity contribution in [2.24, 2.45) is 5.73 Å². The first-order valence-electron chi connectivity index (χ1n) is 9.16. The Labute approximate surface area is 180 Å². The third-order valence-corrected chi connectivity index (χ3v) is 5.46. The maximum absolute atomic E-state index is 6.04. The molecule has 2 aromatic heterocycles. The number of aromatic amines is 1. The summed E-state index contributed by atoms with van der Waals surface area (Å²) >= 11 is 6.04. The largest absolute Gasteiger partial charge is 0.363 e. The van der Waals surface area contributed by atoms with Crippen LogP contribution in [0.1, 0.15) is 54.9 Å². The zero-order valence-electron chi connectivity index (χ0n) is 15.2. The predicted octanol–water partition coefficient (Wildman–Crippen LogP) is 4.54. The molecule has 0 bridgehead atoms. The van der Waals surface area contributed by atoms with E-state index in [1.165, 1.54) is 12.8 Å². The van der Waals surface area contributed by atoms with Gasteiger partial charge in [-0.25, -0.2) is 15.0 Å². The van der Waals surface area contributed by atoms with Crippen LogP contribution in [0.5, 0.6) is 0 Å². The number of hydrogen-bond donors (Lipinski definition) is 3. The molecule has 2 heterocycles. The van der Waals surface area contributed by atoms with Gasteiger partial charge in [-0.1, -0.05) is 11.6 Å². The van der Waals surface area contributed by atoms with Crippen LogP contribution in [0.3, 0.4) is 0 Å². The number of halogens is 3. The van der Waals surface area contributed by atoms with Crippen LogP contribution in [0, 0.1) is 0 Å². The van der Waals surface area contributed by atoms with Crippen molar-refractivity contribution < 1.29 is 0 Å². The number of H-pyrrole nitrogens is 1. The van der Waals surface area contributed by atoms with Gasteiger partial charge in [0.2, 0.25) is 0 Å². The molecule has 4 N–H and O–H groups in total. The summed E-state index contributed by atoms with van der Waals surface area (Å²) in [5.74, 6) is 3.70. The van der Waals surface area contributed by atoms with E-state index < -0.39 is 0 Å². The quantitative estimate of drug-likeness (QED) is 0.540. The van der Waals surface area contributed by atoms with Crippen molar-refractivity contribution >= 4 is 53.3 Å². The van der Waals surface area contributed by atoms with E-state index in [2.05, 4.69) is 21.4 Å². The molecule has 5 rings (SSSR count). The van der Waals surface area contributed by atoms with Gasteiger partial charge in [-0.05, 0) is 43.9 Å². The smallest absolute Gasteiger partial charge is 0.134 e. The third kappa shape index (κ3) is 4.35. The fourth-order valence-corrected chi connectivity index (χ4v) is 3.68. The van der Waals surface area contributed by atoms with Crippen molar-refractivity contribution in [2.75, 3.05) is 5.32 Å². The minimum Gasteiger partial charge on any atom is -0.363 e. The van der Waals surface area contributed by atoms with Gasteiger partial charge in [0.25, 0.3) is 0 Å². The summed E-state index contributed by atoms with van der Waals surface area (Å²) in [7, 11) is 0. The van der Waals surface area contributed by atoms with Gasteiger partial charge in [0.05, 0.1) is 17.6 Å². The van der Waals surface area contributed by atoms with Gasteiger partial charge in [-0.2, -0.15) is 0 Å². The SMILES string of the molecule is Cl.Cl.NC1CC(c2cc(NCc3nc4ccc(Cl)cc4[nH]3)nc(C3CC3)n2)C1. The van der Waals surface area contributed by atoms with Crippen LogP contribution in [0.15, 0.2) is 24.3 Å². The predicted molar refractivity (Wildman–Crippen MR) is 117 cm³/mol. The van der Waals surface area contributed by atoms with Crippen LogP contribution in [0.2, 0.25) is 5.02 Å². The molecule has 3 aromatic rings. The molecule has 0 radical (unpaired) electrons. The highest BCUT2D eigenvalue weighted by molar-refractivity contribution is 6.31. The second-order valence-electron chi connectivity index (χ2n) is 7.44. The molecule has 0 unspecified atom stereocenters. The first-order chi connectivity index (χ1) is 12.6. The molecule has 6 nitrogen and oxygen atoms in total. The lowest BCUT2D eigenvalue weighted by Gasteiger charge is -2.32. The molecule has 0 saturated heterocycles. The van der Waals surface area contributed by atoms with E-state index in [0.717, 1.165) is 47.0 Å². The molecule has 150 valence electrons. The van der Waals surface area contributed by atoms with Crippen LogP contribution < -0.4 is 11.1 Å². The standard InChI is InChI=1S/C19H21ClN6.2ClH/c20-12-3-4-14-16(7-12)24-18(23-14)9-22-17-8-15(11-5-13(21)6-11)25-19(26-17)10-1-2-10;;/h3-4,7-8,10-11,13H,1-2,5-6,9,21H2,(H,23,24)(H,22,25,26);2*1H. The lowest BCUT2D eigenvalue weighted by Crippen LogP contribution is -2.35. The third-order valence-electron chi connectivity index (χ3n) is 5.23. The van der Waals surface area contributed by atoms with Gasteiger partial charge in [0.1, 0.15) is 17.5 Å².